The van der Waals surface area contributed by atoms with Crippen LogP contribution < -0.4 is 5.32 Å². The average molecular weight is 228 g/mol. The van der Waals surface area contributed by atoms with Gasteiger partial charge >= 0.3 is 0 Å². The van der Waals surface area contributed by atoms with Gasteiger partial charge < -0.3 is 5.32 Å². The van der Waals surface area contributed by atoms with E-state index in [1.807, 2.05) is 48.0 Å². The van der Waals surface area contributed by atoms with E-state index < -0.39 is 0 Å². The molecule has 0 aliphatic heterocycles. The highest BCUT2D eigenvalue weighted by Gasteiger charge is 2.09. The molecule has 0 amide bonds. The standard InChI is InChI=1S/C13H12N2S/c1-10-2-4-12(5-3-10)15-13(8-14)11-6-7-16-9-11/h2-7,9,13,15H,1H3. The third kappa shape index (κ3) is 2.41. The van der Waals surface area contributed by atoms with Crippen LogP contribution in [0.5, 0.6) is 0 Å². The van der Waals surface area contributed by atoms with Gasteiger partial charge in [-0.2, -0.15) is 16.6 Å². The number of nitrogens with zero attached hydrogens (tertiary/aromatic N) is 1. The van der Waals surface area contributed by atoms with Crippen molar-refractivity contribution in [3.63, 3.8) is 0 Å². The molecule has 1 aromatic heterocycles. The number of hydrogen-bond acceptors (Lipinski definition) is 3. The fourth-order valence-corrected chi connectivity index (χ4v) is 2.13. The molecule has 0 aliphatic carbocycles. The summed E-state index contributed by atoms with van der Waals surface area (Å²) < 4.78 is 0. The minimum atomic E-state index is -0.269. The maximum Gasteiger partial charge on any atom is 0.141 e. The highest BCUT2D eigenvalue weighted by Crippen LogP contribution is 2.21. The van der Waals surface area contributed by atoms with Crippen LogP contribution in [0.2, 0.25) is 0 Å². The lowest BCUT2D eigenvalue weighted by Gasteiger charge is -2.11. The molecule has 0 saturated heterocycles. The predicted octanol–water partition coefficient (Wildman–Crippen LogP) is 3.73. The number of hydrogen-bond donors (Lipinski definition) is 1. The first kappa shape index (κ1) is 10.7. The summed E-state index contributed by atoms with van der Waals surface area (Å²) in [4.78, 5) is 0. The average Bonchev–Trinajstić information content (AvgIpc) is 2.82. The molecule has 16 heavy (non-hydrogen) atoms. The molecule has 1 unspecified atom stereocenters. The summed E-state index contributed by atoms with van der Waals surface area (Å²) in [5, 5.41) is 16.3. The van der Waals surface area contributed by atoms with Crippen molar-refractivity contribution < 1.29 is 0 Å². The van der Waals surface area contributed by atoms with E-state index >= 15 is 0 Å². The largest absolute Gasteiger partial charge is 0.366 e. The van der Waals surface area contributed by atoms with Crippen molar-refractivity contribution in [2.45, 2.75) is 13.0 Å². The van der Waals surface area contributed by atoms with Gasteiger partial charge in [0.25, 0.3) is 0 Å². The molecular formula is C13H12N2S. The Labute approximate surface area is 99.2 Å². The van der Waals surface area contributed by atoms with Gasteiger partial charge in [-0.25, -0.2) is 0 Å². The topological polar surface area (TPSA) is 35.8 Å². The normalized spacial score (nSPS) is 11.8. The third-order valence-electron chi connectivity index (χ3n) is 2.37. The predicted molar refractivity (Wildman–Crippen MR) is 67.5 cm³/mol. The molecule has 0 saturated carbocycles. The Balaban J connectivity index is 2.14. The summed E-state index contributed by atoms with van der Waals surface area (Å²) in [5.41, 5.74) is 3.21. The highest BCUT2D eigenvalue weighted by atomic mass is 32.1. The molecule has 80 valence electrons. The molecule has 1 heterocycles. The Kier molecular flexibility index (Phi) is 3.23. The second kappa shape index (κ2) is 4.82. The molecule has 2 nitrogen and oxygen atoms in total. The van der Waals surface area contributed by atoms with Gasteiger partial charge in [-0.3, -0.25) is 0 Å². The summed E-state index contributed by atoms with van der Waals surface area (Å²) in [6.45, 7) is 2.05. The molecule has 1 aromatic carbocycles. The van der Waals surface area contributed by atoms with E-state index in [2.05, 4.69) is 11.4 Å². The van der Waals surface area contributed by atoms with E-state index in [9.17, 15) is 0 Å². The highest BCUT2D eigenvalue weighted by molar-refractivity contribution is 7.08. The van der Waals surface area contributed by atoms with Crippen LogP contribution >= 0.6 is 11.3 Å². The van der Waals surface area contributed by atoms with Gasteiger partial charge in [-0.1, -0.05) is 17.7 Å². The number of anilines is 1. The molecule has 2 aromatic rings. The second-order valence-electron chi connectivity index (χ2n) is 3.63. The summed E-state index contributed by atoms with van der Waals surface area (Å²) in [5.74, 6) is 0. The lowest BCUT2D eigenvalue weighted by molar-refractivity contribution is 1.01. The summed E-state index contributed by atoms with van der Waals surface area (Å²) in [6, 6.07) is 12.0. The van der Waals surface area contributed by atoms with E-state index in [1.165, 1.54) is 5.56 Å². The zero-order chi connectivity index (χ0) is 11.4. The maximum atomic E-state index is 9.11. The van der Waals surface area contributed by atoms with Crippen molar-refractivity contribution >= 4 is 17.0 Å². The molecule has 0 aliphatic rings. The first-order chi connectivity index (χ1) is 7.79. The molecule has 0 radical (unpaired) electrons. The fourth-order valence-electron chi connectivity index (χ4n) is 1.45. The zero-order valence-corrected chi connectivity index (χ0v) is 9.79. The maximum absolute atomic E-state index is 9.11. The number of benzene rings is 1. The Bertz CT molecular complexity index is 480. The van der Waals surface area contributed by atoms with E-state index in [1.54, 1.807) is 11.3 Å². The van der Waals surface area contributed by atoms with Crippen molar-refractivity contribution in [3.05, 3.63) is 52.2 Å². The number of nitriles is 1. The van der Waals surface area contributed by atoms with Gasteiger partial charge in [0, 0.05) is 5.69 Å². The number of rotatable bonds is 3. The minimum absolute atomic E-state index is 0.269. The van der Waals surface area contributed by atoms with Gasteiger partial charge in [0.15, 0.2) is 0 Å². The van der Waals surface area contributed by atoms with Crippen molar-refractivity contribution in [3.8, 4) is 6.07 Å². The minimum Gasteiger partial charge on any atom is -0.366 e. The molecule has 2 rings (SSSR count). The van der Waals surface area contributed by atoms with Gasteiger partial charge in [0.05, 0.1) is 6.07 Å². The number of nitrogens with one attached hydrogen (secondary N) is 1. The first-order valence-corrected chi connectivity index (χ1v) is 5.99. The van der Waals surface area contributed by atoms with Crippen LogP contribution in [0.1, 0.15) is 17.2 Å². The monoisotopic (exact) mass is 228 g/mol. The van der Waals surface area contributed by atoms with Crippen LogP contribution in [0.25, 0.3) is 0 Å². The molecule has 0 spiro atoms. The van der Waals surface area contributed by atoms with Crippen LogP contribution in [0.15, 0.2) is 41.1 Å². The zero-order valence-electron chi connectivity index (χ0n) is 8.97. The van der Waals surface area contributed by atoms with Gasteiger partial charge in [-0.05, 0) is 41.4 Å². The SMILES string of the molecule is Cc1ccc(NC(C#N)c2ccsc2)cc1. The Morgan fingerprint density at radius 3 is 2.56 bits per heavy atom. The Morgan fingerprint density at radius 2 is 2.00 bits per heavy atom. The van der Waals surface area contributed by atoms with Crippen LogP contribution in [0.3, 0.4) is 0 Å². The Morgan fingerprint density at radius 1 is 1.25 bits per heavy atom. The van der Waals surface area contributed by atoms with E-state index in [0.717, 1.165) is 11.3 Å². The number of aryl methyl sites for hydroxylation is 1. The quantitative estimate of drug-likeness (QED) is 0.868. The van der Waals surface area contributed by atoms with E-state index in [-0.39, 0.29) is 6.04 Å². The molecule has 3 heteroatoms. The third-order valence-corrected chi connectivity index (χ3v) is 3.07. The smallest absolute Gasteiger partial charge is 0.141 e. The second-order valence-corrected chi connectivity index (χ2v) is 4.41. The Hall–Kier alpha value is -1.79. The van der Waals surface area contributed by atoms with Crippen molar-refractivity contribution in [2.24, 2.45) is 0 Å². The lowest BCUT2D eigenvalue weighted by Crippen LogP contribution is -2.07. The van der Waals surface area contributed by atoms with Crippen LogP contribution in [0, 0.1) is 18.3 Å². The lowest BCUT2D eigenvalue weighted by atomic mass is 10.1. The van der Waals surface area contributed by atoms with E-state index in [0.29, 0.717) is 0 Å². The van der Waals surface area contributed by atoms with Crippen LogP contribution in [0.4, 0.5) is 5.69 Å². The molecule has 0 bridgehead atoms. The number of thiophene rings is 1. The summed E-state index contributed by atoms with van der Waals surface area (Å²) in [6.07, 6.45) is 0. The van der Waals surface area contributed by atoms with Crippen molar-refractivity contribution in [1.82, 2.24) is 0 Å². The van der Waals surface area contributed by atoms with Crippen LogP contribution in [-0.2, 0) is 0 Å². The van der Waals surface area contributed by atoms with Crippen LogP contribution in [-0.4, -0.2) is 0 Å². The van der Waals surface area contributed by atoms with Gasteiger partial charge in [-0.15, -0.1) is 0 Å². The molecule has 1 N–H and O–H groups in total. The fraction of sp³-hybridized carbons (Fsp3) is 0.154. The molecule has 1 atom stereocenters. The molecular weight excluding hydrogens is 216 g/mol. The molecule has 0 fully saturated rings. The van der Waals surface area contributed by atoms with Crippen molar-refractivity contribution in [1.29, 1.82) is 5.26 Å². The summed E-state index contributed by atoms with van der Waals surface area (Å²) in [7, 11) is 0. The van der Waals surface area contributed by atoms with E-state index in [4.69, 9.17) is 5.26 Å². The first-order valence-electron chi connectivity index (χ1n) is 5.04. The van der Waals surface area contributed by atoms with Crippen molar-refractivity contribution in [2.75, 3.05) is 5.32 Å². The van der Waals surface area contributed by atoms with Gasteiger partial charge in [0.2, 0.25) is 0 Å². The van der Waals surface area contributed by atoms with Gasteiger partial charge in [0.1, 0.15) is 6.04 Å². The summed E-state index contributed by atoms with van der Waals surface area (Å²) >= 11 is 1.61.